The van der Waals surface area contributed by atoms with E-state index in [0.29, 0.717) is 11.4 Å². The molecule has 0 bridgehead atoms. The lowest BCUT2D eigenvalue weighted by atomic mass is 10.0. The Morgan fingerprint density at radius 2 is 1.75 bits per heavy atom. The molecular weight excluding hydrogens is 460 g/mol. The molecule has 0 fully saturated rings. The summed E-state index contributed by atoms with van der Waals surface area (Å²) in [5.74, 6) is -0.380. The SMILES string of the molecule is C[C@@H](CNC(=O)c1ccc(OCCN=C(N)N)cc1O)NC(=O)Nc1ccccc1-c1ccccc1. The van der Waals surface area contributed by atoms with Gasteiger partial charge < -0.3 is 37.3 Å². The van der Waals surface area contributed by atoms with Crippen molar-refractivity contribution < 1.29 is 19.4 Å². The van der Waals surface area contributed by atoms with E-state index in [1.54, 1.807) is 13.0 Å². The highest BCUT2D eigenvalue weighted by molar-refractivity contribution is 5.97. The number of phenolic OH excluding ortho intramolecular Hbond substituents is 1. The quantitative estimate of drug-likeness (QED) is 0.145. The first kappa shape index (κ1) is 25.9. The molecule has 0 aromatic heterocycles. The van der Waals surface area contributed by atoms with E-state index in [-0.39, 0.29) is 43.0 Å². The van der Waals surface area contributed by atoms with Crippen molar-refractivity contribution in [3.63, 3.8) is 0 Å². The number of guanidine groups is 1. The van der Waals surface area contributed by atoms with Gasteiger partial charge in [-0.25, -0.2) is 4.79 Å². The van der Waals surface area contributed by atoms with Crippen LogP contribution < -0.4 is 32.2 Å². The summed E-state index contributed by atoms with van der Waals surface area (Å²) in [6.07, 6.45) is 0. The molecule has 0 heterocycles. The van der Waals surface area contributed by atoms with Crippen LogP contribution in [0.15, 0.2) is 77.8 Å². The summed E-state index contributed by atoms with van der Waals surface area (Å²) in [5, 5.41) is 18.6. The molecule has 0 aliphatic carbocycles. The van der Waals surface area contributed by atoms with Crippen molar-refractivity contribution in [1.82, 2.24) is 10.6 Å². The molecule has 3 aromatic carbocycles. The molecule has 0 radical (unpaired) electrons. The Kier molecular flexibility index (Phi) is 9.10. The number of hydrogen-bond donors (Lipinski definition) is 6. The van der Waals surface area contributed by atoms with Crippen molar-refractivity contribution in [3.8, 4) is 22.6 Å². The zero-order chi connectivity index (χ0) is 25.9. The lowest BCUT2D eigenvalue weighted by Gasteiger charge is -2.17. The van der Waals surface area contributed by atoms with Gasteiger partial charge in [0.1, 0.15) is 18.1 Å². The fourth-order valence-electron chi connectivity index (χ4n) is 3.37. The van der Waals surface area contributed by atoms with Crippen molar-refractivity contribution in [2.45, 2.75) is 13.0 Å². The van der Waals surface area contributed by atoms with Crippen LogP contribution in [0.2, 0.25) is 0 Å². The van der Waals surface area contributed by atoms with Gasteiger partial charge in [0, 0.05) is 24.2 Å². The monoisotopic (exact) mass is 490 g/mol. The average Bonchev–Trinajstić information content (AvgIpc) is 2.86. The molecule has 3 rings (SSSR count). The van der Waals surface area contributed by atoms with Crippen LogP contribution in [-0.4, -0.2) is 48.7 Å². The summed E-state index contributed by atoms with van der Waals surface area (Å²) in [7, 11) is 0. The first-order chi connectivity index (χ1) is 17.3. The Morgan fingerprint density at radius 1 is 1.03 bits per heavy atom. The van der Waals surface area contributed by atoms with Crippen LogP contribution in [0.3, 0.4) is 0 Å². The van der Waals surface area contributed by atoms with Gasteiger partial charge in [-0.2, -0.15) is 0 Å². The van der Waals surface area contributed by atoms with Crippen molar-refractivity contribution in [3.05, 3.63) is 78.4 Å². The van der Waals surface area contributed by atoms with E-state index in [1.807, 2.05) is 54.6 Å². The summed E-state index contributed by atoms with van der Waals surface area (Å²) in [6, 6.07) is 20.8. The molecule has 8 N–H and O–H groups in total. The molecule has 1 atom stereocenters. The largest absolute Gasteiger partial charge is 0.507 e. The number of carbonyl (C=O) groups is 2. The van der Waals surface area contributed by atoms with Crippen LogP contribution in [0.25, 0.3) is 11.1 Å². The number of aliphatic imine (C=N–C) groups is 1. The fraction of sp³-hybridized carbons (Fsp3) is 0.192. The van der Waals surface area contributed by atoms with E-state index < -0.39 is 11.9 Å². The first-order valence-corrected chi connectivity index (χ1v) is 11.3. The Balaban J connectivity index is 1.49. The number of urea groups is 1. The number of para-hydroxylation sites is 1. The van der Waals surface area contributed by atoms with E-state index in [1.165, 1.54) is 12.1 Å². The van der Waals surface area contributed by atoms with Crippen LogP contribution in [-0.2, 0) is 0 Å². The van der Waals surface area contributed by atoms with Gasteiger partial charge in [-0.15, -0.1) is 0 Å². The molecule has 10 heteroatoms. The number of nitrogens with zero attached hydrogens (tertiary/aromatic N) is 1. The molecule has 0 aliphatic heterocycles. The van der Waals surface area contributed by atoms with Crippen LogP contribution in [0.4, 0.5) is 10.5 Å². The summed E-state index contributed by atoms with van der Waals surface area (Å²) in [4.78, 5) is 28.9. The lowest BCUT2D eigenvalue weighted by Crippen LogP contribution is -2.43. The number of hydrogen-bond acceptors (Lipinski definition) is 5. The van der Waals surface area contributed by atoms with Gasteiger partial charge in [0.15, 0.2) is 5.96 Å². The smallest absolute Gasteiger partial charge is 0.319 e. The van der Waals surface area contributed by atoms with Crippen molar-refractivity contribution >= 4 is 23.6 Å². The maximum atomic E-state index is 12.5. The predicted molar refractivity (Wildman–Crippen MR) is 140 cm³/mol. The topological polar surface area (TPSA) is 164 Å². The minimum absolute atomic E-state index is 0.0355. The molecule has 36 heavy (non-hydrogen) atoms. The molecule has 3 aromatic rings. The number of nitrogens with one attached hydrogen (secondary N) is 3. The zero-order valence-electron chi connectivity index (χ0n) is 19.9. The second kappa shape index (κ2) is 12.7. The summed E-state index contributed by atoms with van der Waals surface area (Å²) in [6.45, 7) is 2.39. The number of ether oxygens (including phenoxy) is 1. The van der Waals surface area contributed by atoms with Crippen LogP contribution in [0.1, 0.15) is 17.3 Å². The first-order valence-electron chi connectivity index (χ1n) is 11.3. The summed E-state index contributed by atoms with van der Waals surface area (Å²) < 4.78 is 5.43. The van der Waals surface area contributed by atoms with Crippen molar-refractivity contribution in [2.75, 3.05) is 25.0 Å². The maximum absolute atomic E-state index is 12.5. The Labute approximate surface area is 209 Å². The molecule has 188 valence electrons. The standard InChI is InChI=1S/C26H30N6O4/c1-17(31-26(35)32-22-10-6-5-9-20(22)18-7-3-2-4-8-18)16-30-24(34)21-12-11-19(15-23(21)33)36-14-13-29-25(27)28/h2-12,15,17,33H,13-14,16H2,1H3,(H,30,34)(H4,27,28,29)(H2,31,32,35)/t17-/m0/s1. The van der Waals surface area contributed by atoms with Crippen LogP contribution in [0.5, 0.6) is 11.5 Å². The van der Waals surface area contributed by atoms with Gasteiger partial charge in [0.2, 0.25) is 0 Å². The minimum Gasteiger partial charge on any atom is -0.507 e. The van der Waals surface area contributed by atoms with Gasteiger partial charge >= 0.3 is 6.03 Å². The normalized spacial score (nSPS) is 11.1. The third-order valence-electron chi connectivity index (χ3n) is 5.07. The average molecular weight is 491 g/mol. The molecular formula is C26H30N6O4. The Hall–Kier alpha value is -4.73. The number of rotatable bonds is 10. The van der Waals surface area contributed by atoms with Crippen LogP contribution >= 0.6 is 0 Å². The number of phenols is 1. The molecule has 0 aliphatic rings. The van der Waals surface area contributed by atoms with Gasteiger partial charge in [-0.05, 0) is 30.7 Å². The van der Waals surface area contributed by atoms with E-state index in [9.17, 15) is 14.7 Å². The highest BCUT2D eigenvalue weighted by Crippen LogP contribution is 2.27. The van der Waals surface area contributed by atoms with Gasteiger partial charge in [-0.1, -0.05) is 48.5 Å². The third kappa shape index (κ3) is 7.66. The summed E-state index contributed by atoms with van der Waals surface area (Å²) in [5.41, 5.74) is 13.1. The van der Waals surface area contributed by atoms with E-state index in [2.05, 4.69) is 20.9 Å². The number of aromatic hydroxyl groups is 1. The molecule has 0 unspecified atom stereocenters. The molecule has 0 spiro atoms. The van der Waals surface area contributed by atoms with Gasteiger partial charge in [0.05, 0.1) is 17.8 Å². The number of nitrogens with two attached hydrogens (primary N) is 2. The summed E-state index contributed by atoms with van der Waals surface area (Å²) >= 11 is 0. The number of anilines is 1. The van der Waals surface area contributed by atoms with E-state index in [4.69, 9.17) is 16.2 Å². The predicted octanol–water partition coefficient (Wildman–Crippen LogP) is 2.65. The number of carbonyl (C=O) groups excluding carboxylic acids is 2. The second-order valence-corrected chi connectivity index (χ2v) is 7.96. The fourth-order valence-corrected chi connectivity index (χ4v) is 3.37. The number of amides is 3. The molecule has 0 saturated heterocycles. The minimum atomic E-state index is -0.483. The third-order valence-corrected chi connectivity index (χ3v) is 5.07. The second-order valence-electron chi connectivity index (χ2n) is 7.96. The molecule has 3 amide bonds. The van der Waals surface area contributed by atoms with Crippen LogP contribution in [0, 0.1) is 0 Å². The zero-order valence-corrected chi connectivity index (χ0v) is 19.9. The van der Waals surface area contributed by atoms with Crippen molar-refractivity contribution in [1.29, 1.82) is 0 Å². The van der Waals surface area contributed by atoms with E-state index in [0.717, 1.165) is 11.1 Å². The highest BCUT2D eigenvalue weighted by atomic mass is 16.5. The molecule has 10 nitrogen and oxygen atoms in total. The van der Waals surface area contributed by atoms with Gasteiger partial charge in [0.25, 0.3) is 5.91 Å². The van der Waals surface area contributed by atoms with Gasteiger partial charge in [-0.3, -0.25) is 9.79 Å². The van der Waals surface area contributed by atoms with E-state index >= 15 is 0 Å². The van der Waals surface area contributed by atoms with Crippen molar-refractivity contribution in [2.24, 2.45) is 16.5 Å². The molecule has 0 saturated carbocycles. The number of benzene rings is 3. The lowest BCUT2D eigenvalue weighted by molar-refractivity contribution is 0.0947. The highest BCUT2D eigenvalue weighted by Gasteiger charge is 2.15. The maximum Gasteiger partial charge on any atom is 0.319 e. The Bertz CT molecular complexity index is 1210. The Morgan fingerprint density at radius 3 is 2.47 bits per heavy atom.